The second-order valence-corrected chi connectivity index (χ2v) is 9.99. The van der Waals surface area contributed by atoms with E-state index in [0.29, 0.717) is 11.4 Å². The molecule has 3 rings (SSSR count). The predicted molar refractivity (Wildman–Crippen MR) is 144 cm³/mol. The topological polar surface area (TPSA) is 147 Å². The molecule has 2 atom stereocenters. The van der Waals surface area contributed by atoms with Crippen molar-refractivity contribution in [3.8, 4) is 0 Å². The van der Waals surface area contributed by atoms with Crippen molar-refractivity contribution >= 4 is 39.3 Å². The number of hydrogen-bond acceptors (Lipinski definition) is 7. The number of aromatic nitrogens is 1. The maximum Gasteiger partial charge on any atom is 0.407 e. The van der Waals surface area contributed by atoms with Crippen LogP contribution in [0, 0.1) is 0 Å². The van der Waals surface area contributed by atoms with Gasteiger partial charge in [-0.1, -0.05) is 56.8 Å². The number of alkyl carbamates (subject to hydrolysis) is 1. The van der Waals surface area contributed by atoms with Crippen molar-refractivity contribution in [2.75, 3.05) is 11.8 Å². The van der Waals surface area contributed by atoms with Crippen molar-refractivity contribution in [3.05, 3.63) is 81.8 Å². The third kappa shape index (κ3) is 9.48. The molecule has 12 heteroatoms. The Morgan fingerprint density at radius 2 is 1.68 bits per heavy atom. The smallest absolute Gasteiger partial charge is 0.407 e. The number of ether oxygens (including phenoxy) is 1. The van der Waals surface area contributed by atoms with Gasteiger partial charge in [-0.15, -0.1) is 11.3 Å². The Morgan fingerprint density at radius 3 is 2.24 bits per heavy atom. The highest BCUT2D eigenvalue weighted by molar-refractivity contribution is 7.87. The molecular weight excluding hydrogens is 516 g/mol. The van der Waals surface area contributed by atoms with Gasteiger partial charge in [0.25, 0.3) is 0 Å². The van der Waals surface area contributed by atoms with Gasteiger partial charge in [0.05, 0.1) is 24.5 Å². The zero-order valence-electron chi connectivity index (χ0n) is 19.8. The third-order valence-corrected chi connectivity index (χ3v) is 6.76. The Balaban J connectivity index is 0.00000481. The number of carbonyl (C=O) groups is 2. The molecule has 0 spiro atoms. The fourth-order valence-corrected chi connectivity index (χ4v) is 4.86. The van der Waals surface area contributed by atoms with E-state index in [-0.39, 0.29) is 19.5 Å². The second-order valence-electron chi connectivity index (χ2n) is 7.95. The quantitative estimate of drug-likeness (QED) is 0.266. The minimum atomic E-state index is -4.38. The number of methoxy groups -OCH3 is 1. The molecule has 0 fully saturated rings. The van der Waals surface area contributed by atoms with Crippen LogP contribution in [-0.2, 0) is 39.1 Å². The van der Waals surface area contributed by atoms with Crippen LogP contribution in [0.15, 0.2) is 60.0 Å². The molecule has 4 N–H and O–H groups in total. The van der Waals surface area contributed by atoms with E-state index < -0.39 is 34.4 Å². The third-order valence-electron chi connectivity index (χ3n) is 5.26. The van der Waals surface area contributed by atoms with Gasteiger partial charge in [0.15, 0.2) is 0 Å². The molecule has 0 bridgehead atoms. The van der Waals surface area contributed by atoms with Crippen molar-refractivity contribution in [1.82, 2.24) is 15.6 Å². The van der Waals surface area contributed by atoms with Crippen molar-refractivity contribution in [2.45, 2.75) is 45.7 Å². The van der Waals surface area contributed by atoms with E-state index in [1.165, 1.54) is 30.6 Å². The Hall–Kier alpha value is -3.48. The Labute approximate surface area is 221 Å². The Bertz CT molecular complexity index is 1260. The fraction of sp³-hybridized carbons (Fsp3) is 0.320. The van der Waals surface area contributed by atoms with Gasteiger partial charge in [-0.3, -0.25) is 14.1 Å². The van der Waals surface area contributed by atoms with Crippen LogP contribution < -0.4 is 15.4 Å². The summed E-state index contributed by atoms with van der Waals surface area (Å²) >= 11 is 1.43. The van der Waals surface area contributed by atoms with Gasteiger partial charge in [-0.2, -0.15) is 8.42 Å². The van der Waals surface area contributed by atoms with Crippen LogP contribution in [-0.4, -0.2) is 43.1 Å². The van der Waals surface area contributed by atoms with E-state index in [1.54, 1.807) is 12.1 Å². The molecule has 0 saturated carbocycles. The minimum absolute atomic E-state index is 0. The van der Waals surface area contributed by atoms with Crippen LogP contribution >= 0.6 is 11.3 Å². The molecule has 2 amide bonds. The summed E-state index contributed by atoms with van der Waals surface area (Å²) in [6.45, 7) is 1.99. The highest BCUT2D eigenvalue weighted by Crippen LogP contribution is 2.24. The summed E-state index contributed by atoms with van der Waals surface area (Å²) in [6, 6.07) is 14.3. The molecule has 0 radical (unpaired) electrons. The van der Waals surface area contributed by atoms with Crippen LogP contribution in [0.5, 0.6) is 0 Å². The first kappa shape index (κ1) is 29.7. The van der Waals surface area contributed by atoms with Crippen molar-refractivity contribution < 1.29 is 27.3 Å². The monoisotopic (exact) mass is 548 g/mol. The lowest BCUT2D eigenvalue weighted by Crippen LogP contribution is -2.49. The summed E-state index contributed by atoms with van der Waals surface area (Å²) in [5, 5.41) is 8.25. The summed E-state index contributed by atoms with van der Waals surface area (Å²) in [5.41, 5.74) is 2.77. The second kappa shape index (κ2) is 13.7. The van der Waals surface area contributed by atoms with Gasteiger partial charge in [-0.05, 0) is 36.1 Å². The van der Waals surface area contributed by atoms with Crippen LogP contribution in [0.3, 0.4) is 0 Å². The Morgan fingerprint density at radius 1 is 1.03 bits per heavy atom. The highest BCUT2D eigenvalue weighted by Gasteiger charge is 2.26. The molecule has 0 unspecified atom stereocenters. The molecule has 2 aromatic carbocycles. The zero-order chi connectivity index (χ0) is 26.1. The van der Waals surface area contributed by atoms with Crippen molar-refractivity contribution in [2.24, 2.45) is 0 Å². The molecule has 0 aliphatic carbocycles. The van der Waals surface area contributed by atoms with E-state index >= 15 is 0 Å². The first-order chi connectivity index (χ1) is 17.2. The molecule has 0 saturated heterocycles. The molecule has 1 heterocycles. The van der Waals surface area contributed by atoms with E-state index in [0.717, 1.165) is 23.2 Å². The van der Waals surface area contributed by atoms with Gasteiger partial charge < -0.3 is 15.4 Å². The van der Waals surface area contributed by atoms with Crippen LogP contribution in [0.25, 0.3) is 0 Å². The molecular formula is C25H32N4O6S2. The van der Waals surface area contributed by atoms with E-state index in [9.17, 15) is 18.0 Å². The van der Waals surface area contributed by atoms with Crippen LogP contribution in [0.1, 0.15) is 42.2 Å². The van der Waals surface area contributed by atoms with Crippen LogP contribution in [0.4, 0.5) is 10.5 Å². The number of anilines is 1. The molecule has 1 aromatic heterocycles. The van der Waals surface area contributed by atoms with Gasteiger partial charge in [0, 0.05) is 11.8 Å². The normalized spacial score (nSPS) is 12.5. The van der Waals surface area contributed by atoms with Gasteiger partial charge in [-0.25, -0.2) is 9.78 Å². The van der Waals surface area contributed by atoms with Gasteiger partial charge >= 0.3 is 16.4 Å². The number of benzene rings is 2. The minimum Gasteiger partial charge on any atom is -0.453 e. The molecule has 200 valence electrons. The molecule has 3 aromatic rings. The number of nitrogens with one attached hydrogen (secondary N) is 3. The van der Waals surface area contributed by atoms with Crippen molar-refractivity contribution in [1.29, 1.82) is 0 Å². The maximum atomic E-state index is 13.4. The largest absolute Gasteiger partial charge is 0.453 e. The lowest BCUT2D eigenvalue weighted by atomic mass is 10.0. The zero-order valence-corrected chi connectivity index (χ0v) is 21.4. The Kier molecular flexibility index (Phi) is 11.0. The average Bonchev–Trinajstić information content (AvgIpc) is 3.33. The van der Waals surface area contributed by atoms with Gasteiger partial charge in [0.2, 0.25) is 5.91 Å². The summed E-state index contributed by atoms with van der Waals surface area (Å²) in [5.74, 6) is -0.396. The lowest BCUT2D eigenvalue weighted by Gasteiger charge is -2.22. The average molecular weight is 549 g/mol. The summed E-state index contributed by atoms with van der Waals surface area (Å²) in [6.07, 6.45) is 0.660. The first-order valence-corrected chi connectivity index (χ1v) is 13.5. The number of amides is 2. The fourth-order valence-electron chi connectivity index (χ4n) is 3.47. The van der Waals surface area contributed by atoms with Crippen molar-refractivity contribution in [3.63, 3.8) is 0 Å². The summed E-state index contributed by atoms with van der Waals surface area (Å²) in [4.78, 5) is 29.9. The molecule has 10 nitrogen and oxygen atoms in total. The molecule has 0 aliphatic rings. The SMILES string of the molecule is C.CCc1csc([C@H](Cc2ccc(NS(=O)(=O)O)cc2)NC(=O)[C@H](Cc2ccccc2)NC(=O)OC)n1. The number of carbonyl (C=O) groups excluding carboxylic acids is 2. The summed E-state index contributed by atoms with van der Waals surface area (Å²) < 4.78 is 37.8. The maximum absolute atomic E-state index is 13.4. The van der Waals surface area contributed by atoms with E-state index in [4.69, 9.17) is 9.29 Å². The molecule has 0 aliphatic heterocycles. The number of thiazole rings is 1. The van der Waals surface area contributed by atoms with E-state index in [1.807, 2.05) is 47.4 Å². The number of nitrogens with zero attached hydrogens (tertiary/aromatic N) is 1. The van der Waals surface area contributed by atoms with E-state index in [2.05, 4.69) is 15.6 Å². The summed E-state index contributed by atoms with van der Waals surface area (Å²) in [7, 11) is -3.15. The first-order valence-electron chi connectivity index (χ1n) is 11.1. The molecule has 37 heavy (non-hydrogen) atoms. The number of aryl methyl sites for hydroxylation is 1. The predicted octanol–water partition coefficient (Wildman–Crippen LogP) is 3.92. The lowest BCUT2D eigenvalue weighted by molar-refractivity contribution is -0.123. The highest BCUT2D eigenvalue weighted by atomic mass is 32.2. The number of rotatable bonds is 11. The van der Waals surface area contributed by atoms with Gasteiger partial charge in [0.1, 0.15) is 11.0 Å². The number of hydrogen-bond donors (Lipinski definition) is 4. The van der Waals surface area contributed by atoms with Crippen LogP contribution in [0.2, 0.25) is 0 Å². The standard InChI is InChI=1S/C24H28N4O6S2.CH4/c1-3-18-15-35-23(25-18)21(14-17-9-11-19(12-10-17)28-36(31,32)33)26-22(29)20(27-24(30)34-2)13-16-7-5-4-6-8-16;/h4-12,15,20-21,28H,3,13-14H2,1-2H3,(H,26,29)(H,27,30)(H,31,32,33);1H4/t20-,21-;/m0./s1.